The predicted molar refractivity (Wildman–Crippen MR) is 141 cm³/mol. The van der Waals surface area contributed by atoms with Crippen molar-refractivity contribution in [3.05, 3.63) is 48.2 Å². The number of carbonyl (C=O) groups excluding carboxylic acids is 1. The van der Waals surface area contributed by atoms with E-state index in [1.165, 1.54) is 24.9 Å². The quantitative estimate of drug-likeness (QED) is 0.445. The first-order valence-corrected chi connectivity index (χ1v) is 14.1. The molecule has 0 radical (unpaired) electrons. The molecular weight excluding hydrogens is 500 g/mol. The lowest BCUT2D eigenvalue weighted by atomic mass is 10.1. The zero-order valence-corrected chi connectivity index (χ0v) is 22.0. The van der Waals surface area contributed by atoms with Crippen molar-refractivity contribution in [2.75, 3.05) is 30.7 Å². The molecule has 3 N–H and O–H groups in total. The summed E-state index contributed by atoms with van der Waals surface area (Å²) in [5.41, 5.74) is 7.54. The Hall–Kier alpha value is -3.31. The second-order valence-electron chi connectivity index (χ2n) is 8.58. The van der Waals surface area contributed by atoms with Gasteiger partial charge in [0.15, 0.2) is 5.13 Å². The van der Waals surface area contributed by atoms with E-state index in [4.69, 9.17) is 15.2 Å². The van der Waals surface area contributed by atoms with E-state index in [1.54, 1.807) is 47.4 Å². The van der Waals surface area contributed by atoms with Gasteiger partial charge in [0.2, 0.25) is 0 Å². The second-order valence-corrected chi connectivity index (χ2v) is 11.3. The van der Waals surface area contributed by atoms with Crippen LogP contribution < -0.4 is 19.9 Å². The molecule has 1 fully saturated rings. The SMILES string of the molecule is COc1ccc(-c2sc(N)nc2C)cc1S(=O)(=O)Nc1ccc(OC(=O)N2CCCCCCC2)cc1. The minimum atomic E-state index is -3.99. The lowest BCUT2D eigenvalue weighted by Gasteiger charge is -2.23. The molecule has 2 aromatic carbocycles. The standard InChI is InChI=1S/C25H30N4O5S2/c1-17-23(35-24(26)27-17)18-8-13-21(33-2)22(16-18)36(31,32)28-19-9-11-20(12-10-19)34-25(30)29-14-6-4-3-5-7-15-29/h8-13,16,28H,3-7,14-15H2,1-2H3,(H2,26,27). The molecule has 11 heteroatoms. The normalized spacial score (nSPS) is 14.6. The molecule has 0 spiro atoms. The lowest BCUT2D eigenvalue weighted by Crippen LogP contribution is -2.36. The van der Waals surface area contributed by atoms with Gasteiger partial charge in [0.25, 0.3) is 10.0 Å². The smallest absolute Gasteiger partial charge is 0.415 e. The highest BCUT2D eigenvalue weighted by atomic mass is 32.2. The average molecular weight is 531 g/mol. The number of thiazole rings is 1. The first-order valence-electron chi connectivity index (χ1n) is 11.8. The van der Waals surface area contributed by atoms with Crippen LogP contribution in [0.3, 0.4) is 0 Å². The molecule has 0 unspecified atom stereocenters. The van der Waals surface area contributed by atoms with Gasteiger partial charge in [0, 0.05) is 18.8 Å². The predicted octanol–water partition coefficient (Wildman–Crippen LogP) is 5.28. The Morgan fingerprint density at radius 3 is 2.33 bits per heavy atom. The molecule has 1 aliphatic rings. The van der Waals surface area contributed by atoms with Crippen LogP contribution in [-0.4, -0.2) is 44.6 Å². The van der Waals surface area contributed by atoms with Crippen molar-refractivity contribution < 1.29 is 22.7 Å². The van der Waals surface area contributed by atoms with Gasteiger partial charge in [0.1, 0.15) is 16.4 Å². The van der Waals surface area contributed by atoms with Crippen molar-refractivity contribution in [3.8, 4) is 21.9 Å². The van der Waals surface area contributed by atoms with E-state index in [-0.39, 0.29) is 16.7 Å². The fraction of sp³-hybridized carbons (Fsp3) is 0.360. The fourth-order valence-corrected chi connectivity index (χ4v) is 6.19. The molecule has 0 bridgehead atoms. The number of rotatable bonds is 6. The second kappa shape index (κ2) is 11.2. The van der Waals surface area contributed by atoms with Crippen LogP contribution in [0.15, 0.2) is 47.4 Å². The van der Waals surface area contributed by atoms with E-state index in [0.717, 1.165) is 36.3 Å². The number of nitrogen functional groups attached to an aromatic ring is 1. The largest absolute Gasteiger partial charge is 0.495 e. The Balaban J connectivity index is 1.49. The maximum absolute atomic E-state index is 13.3. The summed E-state index contributed by atoms with van der Waals surface area (Å²) in [6.07, 6.45) is 4.99. The molecular formula is C25H30N4O5S2. The van der Waals surface area contributed by atoms with Gasteiger partial charge in [0.05, 0.1) is 17.7 Å². The van der Waals surface area contributed by atoms with Gasteiger partial charge >= 0.3 is 6.09 Å². The summed E-state index contributed by atoms with van der Waals surface area (Å²) in [7, 11) is -2.58. The lowest BCUT2D eigenvalue weighted by molar-refractivity contribution is 0.147. The summed E-state index contributed by atoms with van der Waals surface area (Å²) < 4.78 is 39.9. The van der Waals surface area contributed by atoms with Crippen LogP contribution in [-0.2, 0) is 10.0 Å². The molecule has 1 saturated heterocycles. The number of nitrogens with zero attached hydrogens (tertiary/aromatic N) is 2. The van der Waals surface area contributed by atoms with Crippen molar-refractivity contribution >= 4 is 38.3 Å². The van der Waals surface area contributed by atoms with Gasteiger partial charge in [-0.15, -0.1) is 0 Å². The van der Waals surface area contributed by atoms with Gasteiger partial charge in [-0.2, -0.15) is 0 Å². The number of sulfonamides is 1. The number of likely N-dealkylation sites (tertiary alicyclic amines) is 1. The summed E-state index contributed by atoms with van der Waals surface area (Å²) in [4.78, 5) is 19.3. The number of methoxy groups -OCH3 is 1. The molecule has 1 aromatic heterocycles. The van der Waals surface area contributed by atoms with Gasteiger partial charge < -0.3 is 20.1 Å². The number of nitrogens with two attached hydrogens (primary N) is 1. The van der Waals surface area contributed by atoms with Crippen molar-refractivity contribution in [1.29, 1.82) is 0 Å². The minimum absolute atomic E-state index is 0.0125. The minimum Gasteiger partial charge on any atom is -0.495 e. The molecule has 0 saturated carbocycles. The van der Waals surface area contributed by atoms with Gasteiger partial charge in [-0.1, -0.05) is 30.6 Å². The average Bonchev–Trinajstić information content (AvgIpc) is 3.17. The molecule has 9 nitrogen and oxygen atoms in total. The maximum Gasteiger partial charge on any atom is 0.415 e. The van der Waals surface area contributed by atoms with Gasteiger partial charge in [-0.05, 0) is 67.8 Å². The maximum atomic E-state index is 13.3. The van der Waals surface area contributed by atoms with Gasteiger partial charge in [-0.3, -0.25) is 4.72 Å². The topological polar surface area (TPSA) is 124 Å². The molecule has 1 amide bonds. The first-order chi connectivity index (χ1) is 17.3. The van der Waals surface area contributed by atoms with E-state index in [9.17, 15) is 13.2 Å². The number of hydrogen-bond donors (Lipinski definition) is 2. The number of anilines is 2. The van der Waals surface area contributed by atoms with Crippen LogP contribution in [0.2, 0.25) is 0 Å². The van der Waals surface area contributed by atoms with Gasteiger partial charge in [-0.25, -0.2) is 18.2 Å². The molecule has 3 aromatic rings. The zero-order chi connectivity index (χ0) is 25.7. The number of aryl methyl sites for hydroxylation is 1. The van der Waals surface area contributed by atoms with Crippen LogP contribution in [0.25, 0.3) is 10.4 Å². The molecule has 192 valence electrons. The number of ether oxygens (including phenoxy) is 2. The van der Waals surface area contributed by atoms with Crippen LogP contribution >= 0.6 is 11.3 Å². The highest BCUT2D eigenvalue weighted by molar-refractivity contribution is 7.92. The summed E-state index contributed by atoms with van der Waals surface area (Å²) in [5.74, 6) is 0.558. The molecule has 1 aliphatic heterocycles. The number of hydrogen-bond acceptors (Lipinski definition) is 8. The van der Waals surface area contributed by atoms with Crippen LogP contribution in [0, 0.1) is 6.92 Å². The third-order valence-corrected chi connectivity index (χ3v) is 8.39. The van der Waals surface area contributed by atoms with Crippen LogP contribution in [0.1, 0.15) is 37.8 Å². The number of nitrogens with one attached hydrogen (secondary N) is 1. The molecule has 0 aliphatic carbocycles. The Labute approximate surface area is 215 Å². The number of amides is 1. The first kappa shape index (κ1) is 25.8. The van der Waals surface area contributed by atoms with Crippen LogP contribution in [0.4, 0.5) is 15.6 Å². The molecule has 0 atom stereocenters. The zero-order valence-electron chi connectivity index (χ0n) is 20.3. The van der Waals surface area contributed by atoms with Crippen molar-refractivity contribution in [2.24, 2.45) is 0 Å². The summed E-state index contributed by atoms with van der Waals surface area (Å²) in [6.45, 7) is 3.19. The third-order valence-electron chi connectivity index (χ3n) is 5.95. The Morgan fingerprint density at radius 1 is 1.06 bits per heavy atom. The summed E-state index contributed by atoms with van der Waals surface area (Å²) in [6, 6.07) is 11.2. The number of carbonyl (C=O) groups is 1. The molecule has 2 heterocycles. The van der Waals surface area contributed by atoms with Crippen LogP contribution in [0.5, 0.6) is 11.5 Å². The molecule has 36 heavy (non-hydrogen) atoms. The highest BCUT2D eigenvalue weighted by Gasteiger charge is 2.22. The summed E-state index contributed by atoms with van der Waals surface area (Å²) in [5, 5.41) is 0.410. The van der Waals surface area contributed by atoms with E-state index >= 15 is 0 Å². The van der Waals surface area contributed by atoms with E-state index in [0.29, 0.717) is 35.2 Å². The van der Waals surface area contributed by atoms with Crippen molar-refractivity contribution in [3.63, 3.8) is 0 Å². The number of aromatic nitrogens is 1. The third kappa shape index (κ3) is 6.08. The van der Waals surface area contributed by atoms with E-state index in [1.807, 2.05) is 6.92 Å². The Kier molecular flexibility index (Phi) is 8.00. The van der Waals surface area contributed by atoms with Crippen molar-refractivity contribution in [2.45, 2.75) is 43.9 Å². The van der Waals surface area contributed by atoms with E-state index in [2.05, 4.69) is 9.71 Å². The van der Waals surface area contributed by atoms with Crippen molar-refractivity contribution in [1.82, 2.24) is 9.88 Å². The highest BCUT2D eigenvalue weighted by Crippen LogP contribution is 2.36. The Morgan fingerprint density at radius 2 is 1.72 bits per heavy atom. The van der Waals surface area contributed by atoms with E-state index < -0.39 is 10.0 Å². The monoisotopic (exact) mass is 530 g/mol. The summed E-state index contributed by atoms with van der Waals surface area (Å²) >= 11 is 1.29. The Bertz CT molecular complexity index is 1310. The fourth-order valence-electron chi connectivity index (χ4n) is 4.11. The number of benzene rings is 2. The molecule has 4 rings (SSSR count).